The molecule has 0 bridgehead atoms. The van der Waals surface area contributed by atoms with E-state index >= 15 is 0 Å². The summed E-state index contributed by atoms with van der Waals surface area (Å²) >= 11 is 0. The zero-order valence-corrected chi connectivity index (χ0v) is 26.3. The molecule has 2 aromatic rings. The average molecular weight is 611 g/mol. The van der Waals surface area contributed by atoms with E-state index in [9.17, 15) is 13.2 Å². The number of likely N-dealkylation sites (tertiary alicyclic amines) is 2. The summed E-state index contributed by atoms with van der Waals surface area (Å²) in [6.07, 6.45) is 4.33. The Balaban J connectivity index is 1.09. The Morgan fingerprint density at radius 1 is 1.02 bits per heavy atom. The van der Waals surface area contributed by atoms with Gasteiger partial charge < -0.3 is 24.6 Å². The van der Waals surface area contributed by atoms with Gasteiger partial charge in [0, 0.05) is 51.2 Å². The fourth-order valence-corrected chi connectivity index (χ4v) is 7.99. The maximum absolute atomic E-state index is 12.6. The number of nitrogens with one attached hydrogen (secondary N) is 1. The molecule has 0 unspecified atom stereocenters. The molecule has 0 spiro atoms. The highest BCUT2D eigenvalue weighted by Crippen LogP contribution is 2.52. The number of anilines is 3. The van der Waals surface area contributed by atoms with Crippen LogP contribution in [-0.2, 0) is 14.6 Å². The summed E-state index contributed by atoms with van der Waals surface area (Å²) in [5, 5.41) is 3.61. The van der Waals surface area contributed by atoms with E-state index in [-0.39, 0.29) is 23.7 Å². The Labute approximate surface area is 253 Å². The lowest BCUT2D eigenvalue weighted by molar-refractivity contribution is 0.0260. The number of benzene rings is 1. The van der Waals surface area contributed by atoms with Gasteiger partial charge >= 0.3 is 6.09 Å². The standard InChI is InChI=1S/C31H42N6O5S/c1-19-26-28(32-18-33-29(26)35-9-11-43(39,40)12-10-35)34-25-14-21(13-24(20-5-6-20)27(25)41-19)22-15-37(16-22)23-7-8-36(17-23)30(38)42-31(2,3)4/h13-14,18-20,22-23H,5-12,15-17H2,1-4H3,(H,32,33,34)/t19-,23-/m1/s1. The van der Waals surface area contributed by atoms with Crippen molar-refractivity contribution in [3.63, 3.8) is 0 Å². The van der Waals surface area contributed by atoms with Crippen molar-refractivity contribution in [3.05, 3.63) is 35.2 Å². The number of sulfone groups is 1. The molecule has 1 aromatic heterocycles. The molecule has 43 heavy (non-hydrogen) atoms. The van der Waals surface area contributed by atoms with E-state index in [2.05, 4.69) is 32.3 Å². The van der Waals surface area contributed by atoms with Crippen molar-refractivity contribution in [2.75, 3.05) is 61.0 Å². The number of aromatic nitrogens is 2. The molecule has 1 N–H and O–H groups in total. The molecule has 232 valence electrons. The molecule has 4 fully saturated rings. The summed E-state index contributed by atoms with van der Waals surface area (Å²) in [6.45, 7) is 12.0. The van der Waals surface area contributed by atoms with Gasteiger partial charge in [-0.15, -0.1) is 0 Å². The van der Waals surface area contributed by atoms with Crippen LogP contribution in [0, 0.1) is 0 Å². The average Bonchev–Trinajstić information content (AvgIpc) is 3.66. The number of ether oxygens (including phenoxy) is 2. The van der Waals surface area contributed by atoms with E-state index < -0.39 is 15.4 Å². The molecule has 7 rings (SSSR count). The lowest BCUT2D eigenvalue weighted by Gasteiger charge is -2.43. The molecule has 1 aliphatic carbocycles. The molecule has 1 aromatic carbocycles. The van der Waals surface area contributed by atoms with Crippen LogP contribution in [0.25, 0.3) is 0 Å². The van der Waals surface area contributed by atoms with Crippen LogP contribution in [0.1, 0.15) is 81.6 Å². The third-order valence-corrected chi connectivity index (χ3v) is 10.9. The molecule has 2 atom stereocenters. The first-order valence-electron chi connectivity index (χ1n) is 15.6. The van der Waals surface area contributed by atoms with E-state index in [4.69, 9.17) is 9.47 Å². The predicted octanol–water partition coefficient (Wildman–Crippen LogP) is 4.19. The van der Waals surface area contributed by atoms with E-state index in [1.807, 2.05) is 37.5 Å². The topological polar surface area (TPSA) is 117 Å². The Kier molecular flexibility index (Phi) is 7.00. The van der Waals surface area contributed by atoms with Gasteiger partial charge in [0.1, 0.15) is 35.4 Å². The fraction of sp³-hybridized carbons (Fsp3) is 0.645. The van der Waals surface area contributed by atoms with E-state index in [0.717, 1.165) is 61.7 Å². The van der Waals surface area contributed by atoms with Crippen LogP contribution in [0.5, 0.6) is 5.75 Å². The van der Waals surface area contributed by atoms with Gasteiger partial charge in [-0.3, -0.25) is 4.90 Å². The molecule has 5 aliphatic rings. The quantitative estimate of drug-likeness (QED) is 0.540. The molecular weight excluding hydrogens is 568 g/mol. The van der Waals surface area contributed by atoms with Crippen LogP contribution in [-0.4, -0.2) is 96.7 Å². The fourth-order valence-electron chi connectivity index (χ4n) is 6.79. The summed E-state index contributed by atoms with van der Waals surface area (Å²) in [5.74, 6) is 3.51. The zero-order valence-electron chi connectivity index (χ0n) is 25.5. The first-order chi connectivity index (χ1) is 20.4. The number of nitrogens with zero attached hydrogens (tertiary/aromatic N) is 5. The minimum absolute atomic E-state index is 0.127. The second-order valence-corrected chi connectivity index (χ2v) is 16.1. The molecule has 1 amide bonds. The Bertz CT molecular complexity index is 1520. The van der Waals surface area contributed by atoms with E-state index in [1.165, 1.54) is 11.1 Å². The van der Waals surface area contributed by atoms with Gasteiger partial charge in [-0.25, -0.2) is 23.2 Å². The second kappa shape index (κ2) is 10.5. The third-order valence-electron chi connectivity index (χ3n) is 9.33. The first-order valence-corrected chi connectivity index (χ1v) is 17.4. The highest BCUT2D eigenvalue weighted by atomic mass is 32.2. The number of amides is 1. The van der Waals surface area contributed by atoms with Crippen LogP contribution in [0.3, 0.4) is 0 Å². The maximum Gasteiger partial charge on any atom is 0.410 e. The van der Waals surface area contributed by atoms with Crippen molar-refractivity contribution < 1.29 is 22.7 Å². The van der Waals surface area contributed by atoms with Gasteiger partial charge in [0.25, 0.3) is 0 Å². The van der Waals surface area contributed by atoms with Crippen molar-refractivity contribution >= 4 is 33.3 Å². The first kappa shape index (κ1) is 28.6. The SMILES string of the molecule is C[C@H]1Oc2c(cc(C3CN([C@@H]4CCN(C(=O)OC(C)(C)C)C4)C3)cc2C2CC2)Nc2ncnc(N3CCS(=O)(=O)CC3)c21. The number of rotatable bonds is 4. The maximum atomic E-state index is 12.6. The summed E-state index contributed by atoms with van der Waals surface area (Å²) in [6, 6.07) is 4.94. The number of carbonyl (C=O) groups is 1. The highest BCUT2D eigenvalue weighted by molar-refractivity contribution is 7.91. The van der Waals surface area contributed by atoms with E-state index in [0.29, 0.717) is 43.3 Å². The lowest BCUT2D eigenvalue weighted by atomic mass is 9.87. The highest BCUT2D eigenvalue weighted by Gasteiger charge is 2.41. The van der Waals surface area contributed by atoms with Crippen LogP contribution < -0.4 is 15.0 Å². The molecule has 0 radical (unpaired) electrons. The van der Waals surface area contributed by atoms with Gasteiger partial charge in [0.15, 0.2) is 9.84 Å². The number of hydrogen-bond donors (Lipinski definition) is 1. The van der Waals surface area contributed by atoms with Gasteiger partial charge in [-0.05, 0) is 70.1 Å². The molecule has 11 nitrogen and oxygen atoms in total. The Hall–Kier alpha value is -3.12. The molecule has 1 saturated carbocycles. The van der Waals surface area contributed by atoms with Crippen LogP contribution in [0.2, 0.25) is 0 Å². The van der Waals surface area contributed by atoms with Gasteiger partial charge in [-0.2, -0.15) is 0 Å². The smallest absolute Gasteiger partial charge is 0.410 e. The molecular formula is C31H42N6O5S. The zero-order chi connectivity index (χ0) is 30.1. The number of hydrogen-bond acceptors (Lipinski definition) is 10. The number of carbonyl (C=O) groups excluding carboxylic acids is 1. The van der Waals surface area contributed by atoms with Gasteiger partial charge in [-0.1, -0.05) is 6.07 Å². The minimum atomic E-state index is -3.01. The molecule has 12 heteroatoms. The van der Waals surface area contributed by atoms with Crippen molar-refractivity contribution in [1.82, 2.24) is 19.8 Å². The predicted molar refractivity (Wildman–Crippen MR) is 164 cm³/mol. The van der Waals surface area contributed by atoms with Crippen LogP contribution in [0.15, 0.2) is 18.5 Å². The van der Waals surface area contributed by atoms with Crippen molar-refractivity contribution in [2.45, 2.75) is 76.5 Å². The van der Waals surface area contributed by atoms with Crippen LogP contribution in [0.4, 0.5) is 22.1 Å². The largest absolute Gasteiger partial charge is 0.483 e. The lowest BCUT2D eigenvalue weighted by Crippen LogP contribution is -2.52. The minimum Gasteiger partial charge on any atom is -0.483 e. The van der Waals surface area contributed by atoms with Crippen molar-refractivity contribution in [3.8, 4) is 5.75 Å². The normalized spacial score (nSPS) is 25.6. The third kappa shape index (κ3) is 5.75. The van der Waals surface area contributed by atoms with Crippen molar-refractivity contribution in [2.24, 2.45) is 0 Å². The van der Waals surface area contributed by atoms with Gasteiger partial charge in [0.05, 0.1) is 22.8 Å². The van der Waals surface area contributed by atoms with Crippen molar-refractivity contribution in [1.29, 1.82) is 0 Å². The molecule has 3 saturated heterocycles. The molecule has 5 heterocycles. The monoisotopic (exact) mass is 610 g/mol. The Morgan fingerprint density at radius 3 is 2.47 bits per heavy atom. The second-order valence-electron chi connectivity index (χ2n) is 13.8. The number of fused-ring (bicyclic) bond motifs is 2. The van der Waals surface area contributed by atoms with Crippen LogP contribution >= 0.6 is 0 Å². The summed E-state index contributed by atoms with van der Waals surface area (Å²) < 4.78 is 36.4. The summed E-state index contributed by atoms with van der Waals surface area (Å²) in [7, 11) is -3.01. The van der Waals surface area contributed by atoms with Gasteiger partial charge in [0.2, 0.25) is 0 Å². The Morgan fingerprint density at radius 2 is 1.77 bits per heavy atom. The molecule has 4 aliphatic heterocycles. The summed E-state index contributed by atoms with van der Waals surface area (Å²) in [4.78, 5) is 28.2. The summed E-state index contributed by atoms with van der Waals surface area (Å²) in [5.41, 5.74) is 3.88. The van der Waals surface area contributed by atoms with E-state index in [1.54, 1.807) is 6.33 Å².